The Bertz CT molecular complexity index is 656. The van der Waals surface area contributed by atoms with E-state index < -0.39 is 0 Å². The number of aryl methyl sites for hydroxylation is 2. The van der Waals surface area contributed by atoms with E-state index in [1.807, 2.05) is 29.2 Å². The van der Waals surface area contributed by atoms with E-state index in [9.17, 15) is 4.79 Å². The van der Waals surface area contributed by atoms with Crippen LogP contribution in [-0.2, 0) is 24.2 Å². The quantitative estimate of drug-likeness (QED) is 0.843. The van der Waals surface area contributed by atoms with E-state index >= 15 is 0 Å². The summed E-state index contributed by atoms with van der Waals surface area (Å²) >= 11 is 1.90. The minimum absolute atomic E-state index is 0.141. The second-order valence-corrected chi connectivity index (χ2v) is 7.24. The van der Waals surface area contributed by atoms with Crippen LogP contribution in [0.1, 0.15) is 28.1 Å². The molecule has 3 rings (SSSR count). The molecule has 1 fully saturated rings. The summed E-state index contributed by atoms with van der Waals surface area (Å²) in [6.07, 6.45) is 1.44. The van der Waals surface area contributed by atoms with Crippen molar-refractivity contribution < 1.29 is 9.32 Å². The third-order valence-corrected chi connectivity index (χ3v) is 5.39. The average Bonchev–Trinajstić information content (AvgIpc) is 3.17. The van der Waals surface area contributed by atoms with E-state index in [1.165, 1.54) is 9.75 Å². The number of carbonyl (C=O) groups is 1. The summed E-state index contributed by atoms with van der Waals surface area (Å²) in [6.45, 7) is 8.48. The average molecular weight is 333 g/mol. The van der Waals surface area contributed by atoms with Gasteiger partial charge in [-0.3, -0.25) is 9.69 Å². The highest BCUT2D eigenvalue weighted by Gasteiger charge is 2.22. The van der Waals surface area contributed by atoms with Crippen molar-refractivity contribution in [2.45, 2.75) is 33.2 Å². The molecule has 0 atom stereocenters. The summed E-state index contributed by atoms with van der Waals surface area (Å²) in [5.41, 5.74) is 0.723. The number of thiophene rings is 1. The van der Waals surface area contributed by atoms with Crippen LogP contribution in [0.2, 0.25) is 0 Å². The fourth-order valence-electron chi connectivity index (χ4n) is 2.84. The minimum atomic E-state index is 0.141. The molecule has 0 aliphatic carbocycles. The Morgan fingerprint density at radius 1 is 1.26 bits per heavy atom. The summed E-state index contributed by atoms with van der Waals surface area (Å²) in [6, 6.07) is 6.28. The third kappa shape index (κ3) is 4.20. The summed E-state index contributed by atoms with van der Waals surface area (Å²) in [4.78, 5) is 19.5. The lowest BCUT2D eigenvalue weighted by Gasteiger charge is -2.34. The van der Waals surface area contributed by atoms with Gasteiger partial charge in [0.15, 0.2) is 0 Å². The zero-order valence-electron chi connectivity index (χ0n) is 13.7. The molecule has 0 aromatic carbocycles. The molecule has 1 aliphatic rings. The van der Waals surface area contributed by atoms with Gasteiger partial charge in [-0.1, -0.05) is 12.1 Å². The number of hydrogen-bond acceptors (Lipinski definition) is 5. The van der Waals surface area contributed by atoms with Gasteiger partial charge in [0.05, 0.1) is 12.1 Å². The molecule has 0 spiro atoms. The molecule has 0 bridgehead atoms. The molecule has 0 N–H and O–H groups in total. The summed E-state index contributed by atoms with van der Waals surface area (Å²) < 4.78 is 5.02. The maximum Gasteiger partial charge on any atom is 0.228 e. The van der Waals surface area contributed by atoms with Crippen molar-refractivity contribution in [1.82, 2.24) is 15.0 Å². The van der Waals surface area contributed by atoms with E-state index in [0.717, 1.165) is 50.6 Å². The number of carbonyl (C=O) groups excluding carboxylic acids is 1. The first-order valence-corrected chi connectivity index (χ1v) is 8.95. The summed E-state index contributed by atoms with van der Waals surface area (Å²) in [5, 5.41) is 3.90. The second kappa shape index (κ2) is 7.27. The molecule has 1 aliphatic heterocycles. The normalized spacial score (nSPS) is 16.0. The minimum Gasteiger partial charge on any atom is -0.361 e. The first-order valence-electron chi connectivity index (χ1n) is 8.14. The van der Waals surface area contributed by atoms with Crippen LogP contribution >= 0.6 is 11.3 Å². The molecule has 0 saturated carbocycles. The Balaban J connectivity index is 1.47. The number of piperazine rings is 1. The predicted molar refractivity (Wildman–Crippen MR) is 90.5 cm³/mol. The van der Waals surface area contributed by atoms with Crippen LogP contribution in [0.3, 0.4) is 0 Å². The van der Waals surface area contributed by atoms with Gasteiger partial charge in [0.25, 0.3) is 0 Å². The monoisotopic (exact) mass is 333 g/mol. The van der Waals surface area contributed by atoms with Crippen LogP contribution in [-0.4, -0.2) is 47.0 Å². The molecule has 23 heavy (non-hydrogen) atoms. The molecule has 3 heterocycles. The predicted octanol–water partition coefficient (Wildman–Crippen LogP) is 2.49. The summed E-state index contributed by atoms with van der Waals surface area (Å²) in [5.74, 6) is 0.891. The molecule has 0 unspecified atom stereocenters. The Hall–Kier alpha value is -1.66. The van der Waals surface area contributed by atoms with Gasteiger partial charge in [-0.25, -0.2) is 0 Å². The summed E-state index contributed by atoms with van der Waals surface area (Å²) in [7, 11) is 0. The lowest BCUT2D eigenvalue weighted by molar-refractivity contribution is -0.132. The Morgan fingerprint density at radius 3 is 2.61 bits per heavy atom. The molecule has 2 aromatic rings. The van der Waals surface area contributed by atoms with Crippen molar-refractivity contribution in [2.75, 3.05) is 26.2 Å². The van der Waals surface area contributed by atoms with Crippen LogP contribution in [0, 0.1) is 6.92 Å². The molecule has 6 heteroatoms. The smallest absolute Gasteiger partial charge is 0.228 e. The number of nitrogens with zero attached hydrogens (tertiary/aromatic N) is 3. The topological polar surface area (TPSA) is 49.6 Å². The van der Waals surface area contributed by atoms with Crippen molar-refractivity contribution in [3.8, 4) is 0 Å². The SMILES string of the molecule is CCc1ccc(CN2CCN(C(=O)Cc3cc(C)on3)CC2)s1. The standard InChI is InChI=1S/C17H23N3O2S/c1-3-15-4-5-16(23-15)12-19-6-8-20(9-7-19)17(21)11-14-10-13(2)22-18-14/h4-5,10H,3,6-9,11-12H2,1-2H3. The number of rotatable bonds is 5. The van der Waals surface area contributed by atoms with Crippen LogP contribution < -0.4 is 0 Å². The van der Waals surface area contributed by atoms with E-state index in [-0.39, 0.29) is 5.91 Å². The van der Waals surface area contributed by atoms with Gasteiger partial charge in [-0.05, 0) is 25.5 Å². The van der Waals surface area contributed by atoms with E-state index in [0.29, 0.717) is 6.42 Å². The molecule has 0 radical (unpaired) electrons. The van der Waals surface area contributed by atoms with E-state index in [2.05, 4.69) is 29.1 Å². The van der Waals surface area contributed by atoms with Crippen molar-refractivity contribution in [3.63, 3.8) is 0 Å². The lowest BCUT2D eigenvalue weighted by atomic mass is 10.2. The van der Waals surface area contributed by atoms with Gasteiger partial charge in [0.1, 0.15) is 5.76 Å². The highest BCUT2D eigenvalue weighted by atomic mass is 32.1. The van der Waals surface area contributed by atoms with Gasteiger partial charge in [-0.15, -0.1) is 11.3 Å². The van der Waals surface area contributed by atoms with E-state index in [1.54, 1.807) is 0 Å². The second-order valence-electron chi connectivity index (χ2n) is 5.98. The maximum absolute atomic E-state index is 12.3. The molecule has 5 nitrogen and oxygen atoms in total. The fraction of sp³-hybridized carbons (Fsp3) is 0.529. The number of hydrogen-bond donors (Lipinski definition) is 0. The van der Waals surface area contributed by atoms with Gasteiger partial charge < -0.3 is 9.42 Å². The Morgan fingerprint density at radius 2 is 2.00 bits per heavy atom. The molecule has 1 amide bonds. The highest BCUT2D eigenvalue weighted by Crippen LogP contribution is 2.19. The van der Waals surface area contributed by atoms with Gasteiger partial charge >= 0.3 is 0 Å². The maximum atomic E-state index is 12.3. The highest BCUT2D eigenvalue weighted by molar-refractivity contribution is 7.11. The van der Waals surface area contributed by atoms with Gasteiger partial charge in [0.2, 0.25) is 5.91 Å². The van der Waals surface area contributed by atoms with Crippen molar-refractivity contribution >= 4 is 17.2 Å². The zero-order valence-corrected chi connectivity index (χ0v) is 14.6. The van der Waals surface area contributed by atoms with Crippen LogP contribution in [0.4, 0.5) is 0 Å². The number of aromatic nitrogens is 1. The lowest BCUT2D eigenvalue weighted by Crippen LogP contribution is -2.48. The molecular weight excluding hydrogens is 310 g/mol. The Kier molecular flexibility index (Phi) is 5.13. The Labute approximate surface area is 140 Å². The third-order valence-electron chi connectivity index (χ3n) is 4.18. The van der Waals surface area contributed by atoms with Crippen molar-refractivity contribution in [1.29, 1.82) is 0 Å². The van der Waals surface area contributed by atoms with Crippen LogP contribution in [0.25, 0.3) is 0 Å². The van der Waals surface area contributed by atoms with Gasteiger partial charge in [0, 0.05) is 48.5 Å². The van der Waals surface area contributed by atoms with Gasteiger partial charge in [-0.2, -0.15) is 0 Å². The molecule has 2 aromatic heterocycles. The van der Waals surface area contributed by atoms with E-state index in [4.69, 9.17) is 4.52 Å². The molecular formula is C17H23N3O2S. The van der Waals surface area contributed by atoms with Crippen molar-refractivity contribution in [2.24, 2.45) is 0 Å². The first-order chi connectivity index (χ1) is 11.1. The largest absolute Gasteiger partial charge is 0.361 e. The zero-order chi connectivity index (χ0) is 16.2. The molecule has 124 valence electrons. The van der Waals surface area contributed by atoms with Crippen LogP contribution in [0.5, 0.6) is 0 Å². The fourth-order valence-corrected chi connectivity index (χ4v) is 3.84. The first kappa shape index (κ1) is 16.2. The van der Waals surface area contributed by atoms with Crippen molar-refractivity contribution in [3.05, 3.63) is 39.4 Å². The number of amides is 1. The molecule has 1 saturated heterocycles. The van der Waals surface area contributed by atoms with Crippen LogP contribution in [0.15, 0.2) is 22.7 Å².